The number of halogens is 3. The maximum Gasteiger partial charge on any atom is 0.390 e. The van der Waals surface area contributed by atoms with Gasteiger partial charge in [0.15, 0.2) is 0 Å². The van der Waals surface area contributed by atoms with Gasteiger partial charge in [0, 0.05) is 24.3 Å². The normalized spacial score (nSPS) is 11.7. The lowest BCUT2D eigenvalue weighted by Gasteiger charge is -2.07. The zero-order valence-corrected chi connectivity index (χ0v) is 10.4. The van der Waals surface area contributed by atoms with Crippen LogP contribution in [0.2, 0.25) is 0 Å². The van der Waals surface area contributed by atoms with Gasteiger partial charge in [0.2, 0.25) is 0 Å². The number of rotatable bonds is 3. The summed E-state index contributed by atoms with van der Waals surface area (Å²) < 4.78 is 36.6. The molecule has 102 valence electrons. The standard InChI is InChI=1S/C11H10F3N3OS/c12-11(13,14)2-4-17-10(18)9-8(15)6-1-3-16-5-7(6)19-9/h1,3,5H,2,4,15H2,(H,17,18). The molecule has 8 heteroatoms. The third kappa shape index (κ3) is 3.14. The highest BCUT2D eigenvalue weighted by atomic mass is 32.1. The molecule has 0 saturated heterocycles. The van der Waals surface area contributed by atoms with Crippen LogP contribution in [-0.4, -0.2) is 23.6 Å². The number of carbonyl (C=O) groups is 1. The third-order valence-corrected chi connectivity index (χ3v) is 3.59. The molecule has 0 bridgehead atoms. The monoisotopic (exact) mass is 289 g/mol. The SMILES string of the molecule is Nc1c(C(=O)NCCC(F)(F)F)sc2cnccc12. The number of hydrogen-bond donors (Lipinski definition) is 2. The zero-order valence-electron chi connectivity index (χ0n) is 9.62. The number of fused-ring (bicyclic) bond motifs is 1. The van der Waals surface area contributed by atoms with Crippen LogP contribution in [0.4, 0.5) is 18.9 Å². The van der Waals surface area contributed by atoms with E-state index in [0.717, 1.165) is 16.0 Å². The highest BCUT2D eigenvalue weighted by Gasteiger charge is 2.27. The maximum atomic E-state index is 12.0. The average molecular weight is 289 g/mol. The van der Waals surface area contributed by atoms with Crippen molar-refractivity contribution in [2.24, 2.45) is 0 Å². The van der Waals surface area contributed by atoms with Gasteiger partial charge in [0.25, 0.3) is 5.91 Å². The van der Waals surface area contributed by atoms with Crippen LogP contribution >= 0.6 is 11.3 Å². The summed E-state index contributed by atoms with van der Waals surface area (Å²) in [5.74, 6) is -0.594. The van der Waals surface area contributed by atoms with Crippen LogP contribution in [0, 0.1) is 0 Å². The van der Waals surface area contributed by atoms with Crippen LogP contribution in [0.15, 0.2) is 18.5 Å². The van der Waals surface area contributed by atoms with E-state index in [0.29, 0.717) is 5.39 Å². The lowest BCUT2D eigenvalue weighted by molar-refractivity contribution is -0.132. The molecule has 2 rings (SSSR count). The van der Waals surface area contributed by atoms with E-state index in [1.807, 2.05) is 0 Å². The fourth-order valence-electron chi connectivity index (χ4n) is 1.54. The first-order chi connectivity index (χ1) is 8.88. The summed E-state index contributed by atoms with van der Waals surface area (Å²) in [6.07, 6.45) is -2.26. The van der Waals surface area contributed by atoms with Crippen LogP contribution in [0.3, 0.4) is 0 Å². The van der Waals surface area contributed by atoms with E-state index in [4.69, 9.17) is 5.73 Å². The number of hydrogen-bond acceptors (Lipinski definition) is 4. The van der Waals surface area contributed by atoms with Crippen molar-refractivity contribution in [3.05, 3.63) is 23.3 Å². The minimum atomic E-state index is -4.29. The van der Waals surface area contributed by atoms with Gasteiger partial charge in [-0.25, -0.2) is 0 Å². The number of alkyl halides is 3. The van der Waals surface area contributed by atoms with Crippen LogP contribution < -0.4 is 11.1 Å². The summed E-state index contributed by atoms with van der Waals surface area (Å²) in [4.78, 5) is 15.9. The van der Waals surface area contributed by atoms with Crippen LogP contribution in [0.5, 0.6) is 0 Å². The Bertz CT molecular complexity index is 609. The van der Waals surface area contributed by atoms with E-state index in [1.165, 1.54) is 6.20 Å². The van der Waals surface area contributed by atoms with Crippen LogP contribution in [-0.2, 0) is 0 Å². The average Bonchev–Trinajstić information content (AvgIpc) is 2.66. The number of nitrogens with zero attached hydrogens (tertiary/aromatic N) is 1. The first kappa shape index (κ1) is 13.6. The Hall–Kier alpha value is -1.83. The number of nitrogen functional groups attached to an aromatic ring is 1. The molecule has 0 aliphatic carbocycles. The molecule has 0 radical (unpaired) electrons. The number of anilines is 1. The first-order valence-corrected chi connectivity index (χ1v) is 6.17. The molecule has 19 heavy (non-hydrogen) atoms. The summed E-state index contributed by atoms with van der Waals surface area (Å²) in [5.41, 5.74) is 6.07. The predicted octanol–water partition coefficient (Wildman–Crippen LogP) is 2.56. The Kier molecular flexibility index (Phi) is 3.61. The Morgan fingerprint density at radius 2 is 2.21 bits per heavy atom. The fourth-order valence-corrected chi connectivity index (χ4v) is 2.54. The summed E-state index contributed by atoms with van der Waals surface area (Å²) in [7, 11) is 0. The van der Waals surface area contributed by atoms with Gasteiger partial charge in [0.05, 0.1) is 16.8 Å². The number of carbonyl (C=O) groups excluding carboxylic acids is 1. The van der Waals surface area contributed by atoms with Gasteiger partial charge in [-0.15, -0.1) is 11.3 Å². The summed E-state index contributed by atoms with van der Waals surface area (Å²) in [6.45, 7) is -0.464. The van der Waals surface area contributed by atoms with Crippen molar-refractivity contribution < 1.29 is 18.0 Å². The predicted molar refractivity (Wildman–Crippen MR) is 67.0 cm³/mol. The number of nitrogens with two attached hydrogens (primary N) is 1. The largest absolute Gasteiger partial charge is 0.397 e. The number of aromatic nitrogens is 1. The van der Waals surface area contributed by atoms with Crippen molar-refractivity contribution >= 4 is 33.0 Å². The van der Waals surface area contributed by atoms with Gasteiger partial charge in [-0.1, -0.05) is 0 Å². The molecule has 2 aromatic rings. The highest BCUT2D eigenvalue weighted by Crippen LogP contribution is 2.32. The van der Waals surface area contributed by atoms with Gasteiger partial charge in [0.1, 0.15) is 4.88 Å². The molecule has 2 aromatic heterocycles. The molecule has 0 aromatic carbocycles. The Labute approximate surface area is 110 Å². The molecule has 0 saturated carbocycles. The molecule has 0 fully saturated rings. The van der Waals surface area contributed by atoms with Crippen LogP contribution in [0.25, 0.3) is 10.1 Å². The van der Waals surface area contributed by atoms with Crippen molar-refractivity contribution in [3.63, 3.8) is 0 Å². The second-order valence-corrected chi connectivity index (χ2v) is 4.89. The first-order valence-electron chi connectivity index (χ1n) is 5.35. The summed E-state index contributed by atoms with van der Waals surface area (Å²) in [5, 5.41) is 2.89. The molecule has 0 aliphatic heterocycles. The fraction of sp³-hybridized carbons (Fsp3) is 0.273. The molecular weight excluding hydrogens is 279 g/mol. The van der Waals surface area contributed by atoms with Gasteiger partial charge < -0.3 is 11.1 Å². The van der Waals surface area contributed by atoms with Crippen molar-refractivity contribution in [2.45, 2.75) is 12.6 Å². The van der Waals surface area contributed by atoms with Crippen molar-refractivity contribution in [2.75, 3.05) is 12.3 Å². The minimum Gasteiger partial charge on any atom is -0.397 e. The quantitative estimate of drug-likeness (QED) is 0.912. The number of amides is 1. The van der Waals surface area contributed by atoms with Crippen molar-refractivity contribution in [1.82, 2.24) is 10.3 Å². The number of nitrogens with one attached hydrogen (secondary N) is 1. The van der Waals surface area contributed by atoms with E-state index in [9.17, 15) is 18.0 Å². The van der Waals surface area contributed by atoms with Gasteiger partial charge in [-0.05, 0) is 6.07 Å². The van der Waals surface area contributed by atoms with Gasteiger partial charge >= 0.3 is 6.18 Å². The summed E-state index contributed by atoms with van der Waals surface area (Å²) in [6, 6.07) is 1.66. The molecule has 0 spiro atoms. The Balaban J connectivity index is 2.11. The molecule has 3 N–H and O–H groups in total. The molecule has 4 nitrogen and oxygen atoms in total. The molecule has 1 amide bonds. The number of pyridine rings is 1. The summed E-state index contributed by atoms with van der Waals surface area (Å²) >= 11 is 1.11. The lowest BCUT2D eigenvalue weighted by atomic mass is 10.2. The Morgan fingerprint density at radius 1 is 1.47 bits per heavy atom. The van der Waals surface area contributed by atoms with E-state index in [2.05, 4.69) is 10.3 Å². The second-order valence-electron chi connectivity index (χ2n) is 3.84. The lowest BCUT2D eigenvalue weighted by Crippen LogP contribution is -2.27. The molecule has 0 unspecified atom stereocenters. The van der Waals surface area contributed by atoms with Gasteiger partial charge in [-0.3, -0.25) is 9.78 Å². The molecule has 0 aliphatic rings. The van der Waals surface area contributed by atoms with E-state index in [1.54, 1.807) is 12.3 Å². The van der Waals surface area contributed by atoms with Crippen molar-refractivity contribution in [1.29, 1.82) is 0 Å². The molecular formula is C11H10F3N3OS. The van der Waals surface area contributed by atoms with Crippen LogP contribution in [0.1, 0.15) is 16.1 Å². The topological polar surface area (TPSA) is 68.0 Å². The van der Waals surface area contributed by atoms with E-state index >= 15 is 0 Å². The third-order valence-electron chi connectivity index (χ3n) is 2.43. The highest BCUT2D eigenvalue weighted by molar-refractivity contribution is 7.21. The smallest absolute Gasteiger partial charge is 0.390 e. The Morgan fingerprint density at radius 3 is 2.84 bits per heavy atom. The second kappa shape index (κ2) is 5.04. The minimum absolute atomic E-state index is 0.213. The van der Waals surface area contributed by atoms with E-state index < -0.39 is 25.0 Å². The van der Waals surface area contributed by atoms with Gasteiger partial charge in [-0.2, -0.15) is 13.2 Å². The van der Waals surface area contributed by atoms with Crippen molar-refractivity contribution in [3.8, 4) is 0 Å². The molecule has 0 atom stereocenters. The zero-order chi connectivity index (χ0) is 14.0. The number of thiophene rings is 1. The maximum absolute atomic E-state index is 12.0. The van der Waals surface area contributed by atoms with E-state index in [-0.39, 0.29) is 10.6 Å². The molecule has 2 heterocycles.